The maximum Gasteiger partial charge on any atom is 0.104 e. The van der Waals surface area contributed by atoms with Crippen LogP contribution in [0.5, 0.6) is 0 Å². The Morgan fingerprint density at radius 2 is 1.27 bits per heavy atom. The van der Waals surface area contributed by atoms with Crippen molar-refractivity contribution in [3.63, 3.8) is 0 Å². The molecule has 3 heteroatoms. The van der Waals surface area contributed by atoms with Crippen LogP contribution in [-0.2, 0) is 16.1 Å². The summed E-state index contributed by atoms with van der Waals surface area (Å²) in [4.78, 5) is 0. The standard InChI is InChI=1S/C27H48O3/c1-25(2)18-14-11-9-7-5-3-4-6-8-10-12-17-21-29-24-27(22-28)30-23-26-19-15-13-16-20-26/h13,15-16,19-20,25,27-28H,3-12,14,17-18,21-24H2,1-2H3. The summed E-state index contributed by atoms with van der Waals surface area (Å²) < 4.78 is 11.4. The van der Waals surface area contributed by atoms with Crippen molar-refractivity contribution in [2.24, 2.45) is 5.92 Å². The van der Waals surface area contributed by atoms with Crippen LogP contribution in [0.15, 0.2) is 30.3 Å². The first-order chi connectivity index (χ1) is 14.7. The van der Waals surface area contributed by atoms with Gasteiger partial charge in [0.25, 0.3) is 0 Å². The lowest BCUT2D eigenvalue weighted by molar-refractivity contribution is -0.0502. The molecule has 174 valence electrons. The first-order valence-corrected chi connectivity index (χ1v) is 12.6. The largest absolute Gasteiger partial charge is 0.394 e. The Labute approximate surface area is 186 Å². The zero-order valence-corrected chi connectivity index (χ0v) is 19.8. The maximum absolute atomic E-state index is 9.43. The van der Waals surface area contributed by atoms with Crippen LogP contribution in [0.25, 0.3) is 0 Å². The summed E-state index contributed by atoms with van der Waals surface area (Å²) in [6, 6.07) is 10.1. The molecule has 1 N–H and O–H groups in total. The Bertz CT molecular complexity index is 460. The van der Waals surface area contributed by atoms with Gasteiger partial charge in [-0.3, -0.25) is 0 Å². The third-order valence-corrected chi connectivity index (χ3v) is 5.66. The molecule has 1 aromatic rings. The van der Waals surface area contributed by atoms with E-state index in [0.717, 1.165) is 24.5 Å². The summed E-state index contributed by atoms with van der Waals surface area (Å²) in [5, 5.41) is 9.43. The highest BCUT2D eigenvalue weighted by Crippen LogP contribution is 2.14. The molecule has 1 aromatic carbocycles. The van der Waals surface area contributed by atoms with E-state index in [9.17, 15) is 5.11 Å². The molecule has 0 saturated carbocycles. The molecule has 1 rings (SSSR count). The molecule has 0 radical (unpaired) electrons. The minimum atomic E-state index is -0.236. The van der Waals surface area contributed by atoms with Gasteiger partial charge in [-0.05, 0) is 17.9 Å². The van der Waals surface area contributed by atoms with Gasteiger partial charge in [0, 0.05) is 6.61 Å². The lowest BCUT2D eigenvalue weighted by Crippen LogP contribution is -2.24. The fourth-order valence-corrected chi connectivity index (χ4v) is 3.68. The van der Waals surface area contributed by atoms with Gasteiger partial charge < -0.3 is 14.6 Å². The van der Waals surface area contributed by atoms with Gasteiger partial charge >= 0.3 is 0 Å². The molecular weight excluding hydrogens is 372 g/mol. The molecular formula is C27H48O3. The normalized spacial score (nSPS) is 12.5. The zero-order valence-electron chi connectivity index (χ0n) is 19.8. The predicted molar refractivity (Wildman–Crippen MR) is 128 cm³/mol. The van der Waals surface area contributed by atoms with Gasteiger partial charge in [-0.15, -0.1) is 0 Å². The lowest BCUT2D eigenvalue weighted by Gasteiger charge is -2.15. The first kappa shape index (κ1) is 27.1. The summed E-state index contributed by atoms with van der Waals surface area (Å²) >= 11 is 0. The zero-order chi connectivity index (χ0) is 21.7. The van der Waals surface area contributed by atoms with E-state index in [1.165, 1.54) is 77.0 Å². The average molecular weight is 421 g/mol. The summed E-state index contributed by atoms with van der Waals surface area (Å²) in [5.74, 6) is 0.868. The topological polar surface area (TPSA) is 38.7 Å². The maximum atomic E-state index is 9.43. The number of aliphatic hydroxyl groups is 1. The Morgan fingerprint density at radius 3 is 1.80 bits per heavy atom. The summed E-state index contributed by atoms with van der Waals surface area (Å²) in [7, 11) is 0. The van der Waals surface area contributed by atoms with Crippen molar-refractivity contribution in [1.29, 1.82) is 0 Å². The third kappa shape index (κ3) is 16.8. The fraction of sp³-hybridized carbons (Fsp3) is 0.778. The van der Waals surface area contributed by atoms with Gasteiger partial charge in [-0.25, -0.2) is 0 Å². The minimum absolute atomic E-state index is 0.00474. The Hall–Kier alpha value is -0.900. The predicted octanol–water partition coefficient (Wildman–Crippen LogP) is 7.31. The van der Waals surface area contributed by atoms with E-state index in [1.54, 1.807) is 0 Å². The van der Waals surface area contributed by atoms with Gasteiger partial charge in [-0.2, -0.15) is 0 Å². The molecule has 0 spiro atoms. The van der Waals surface area contributed by atoms with Crippen molar-refractivity contribution >= 4 is 0 Å². The van der Waals surface area contributed by atoms with E-state index >= 15 is 0 Å². The second-order valence-electron chi connectivity index (χ2n) is 9.10. The summed E-state index contributed by atoms with van der Waals surface area (Å²) in [5.41, 5.74) is 1.12. The van der Waals surface area contributed by atoms with E-state index in [4.69, 9.17) is 9.47 Å². The first-order valence-electron chi connectivity index (χ1n) is 12.6. The number of ether oxygens (including phenoxy) is 2. The smallest absolute Gasteiger partial charge is 0.104 e. The highest BCUT2D eigenvalue weighted by atomic mass is 16.5. The average Bonchev–Trinajstić information content (AvgIpc) is 2.76. The molecule has 1 atom stereocenters. The molecule has 1 unspecified atom stereocenters. The van der Waals surface area contributed by atoms with Crippen LogP contribution in [0.4, 0.5) is 0 Å². The Balaban J connectivity index is 1.80. The van der Waals surface area contributed by atoms with Crippen LogP contribution >= 0.6 is 0 Å². The quantitative estimate of drug-likeness (QED) is 0.212. The van der Waals surface area contributed by atoms with Crippen molar-refractivity contribution < 1.29 is 14.6 Å². The molecule has 30 heavy (non-hydrogen) atoms. The van der Waals surface area contributed by atoms with Gasteiger partial charge in [0.15, 0.2) is 0 Å². The Morgan fingerprint density at radius 1 is 0.733 bits per heavy atom. The van der Waals surface area contributed by atoms with E-state index < -0.39 is 0 Å². The van der Waals surface area contributed by atoms with Gasteiger partial charge in [0.2, 0.25) is 0 Å². The van der Waals surface area contributed by atoms with Crippen LogP contribution < -0.4 is 0 Å². The third-order valence-electron chi connectivity index (χ3n) is 5.66. The number of unbranched alkanes of at least 4 members (excludes halogenated alkanes) is 11. The SMILES string of the molecule is CC(C)CCCCCCCCCCCCCCOCC(CO)OCc1ccccc1. The summed E-state index contributed by atoms with van der Waals surface area (Å²) in [6.07, 6.45) is 17.5. The van der Waals surface area contributed by atoms with E-state index in [-0.39, 0.29) is 12.7 Å². The van der Waals surface area contributed by atoms with Crippen molar-refractivity contribution in [1.82, 2.24) is 0 Å². The second kappa shape index (κ2) is 20.0. The fourth-order valence-electron chi connectivity index (χ4n) is 3.68. The van der Waals surface area contributed by atoms with Crippen molar-refractivity contribution in [2.45, 2.75) is 110 Å². The lowest BCUT2D eigenvalue weighted by atomic mass is 10.0. The molecule has 0 aliphatic rings. The molecule has 0 aliphatic carbocycles. The van der Waals surface area contributed by atoms with Gasteiger partial charge in [0.05, 0.1) is 19.8 Å². The monoisotopic (exact) mass is 420 g/mol. The molecule has 0 fully saturated rings. The molecule has 0 saturated heterocycles. The number of aliphatic hydroxyl groups excluding tert-OH is 1. The molecule has 0 aliphatic heterocycles. The number of rotatable bonds is 21. The summed E-state index contributed by atoms with van der Waals surface area (Å²) in [6.45, 7) is 6.41. The minimum Gasteiger partial charge on any atom is -0.394 e. The highest BCUT2D eigenvalue weighted by Gasteiger charge is 2.08. The van der Waals surface area contributed by atoms with Crippen molar-refractivity contribution in [2.75, 3.05) is 19.8 Å². The number of hydrogen-bond acceptors (Lipinski definition) is 3. The van der Waals surface area contributed by atoms with Crippen LogP contribution in [0.2, 0.25) is 0 Å². The molecule has 0 heterocycles. The van der Waals surface area contributed by atoms with E-state index in [0.29, 0.717) is 13.2 Å². The Kier molecular flexibility index (Phi) is 18.1. The van der Waals surface area contributed by atoms with Crippen LogP contribution in [0, 0.1) is 5.92 Å². The van der Waals surface area contributed by atoms with Crippen LogP contribution in [0.3, 0.4) is 0 Å². The van der Waals surface area contributed by atoms with E-state index in [1.807, 2.05) is 30.3 Å². The van der Waals surface area contributed by atoms with Crippen LogP contribution in [-0.4, -0.2) is 31.0 Å². The van der Waals surface area contributed by atoms with Crippen LogP contribution in [0.1, 0.15) is 103 Å². The van der Waals surface area contributed by atoms with Gasteiger partial charge in [-0.1, -0.05) is 121 Å². The molecule has 0 bridgehead atoms. The number of benzene rings is 1. The van der Waals surface area contributed by atoms with Gasteiger partial charge in [0.1, 0.15) is 6.10 Å². The molecule has 3 nitrogen and oxygen atoms in total. The molecule has 0 amide bonds. The van der Waals surface area contributed by atoms with E-state index in [2.05, 4.69) is 13.8 Å². The highest BCUT2D eigenvalue weighted by molar-refractivity contribution is 5.13. The second-order valence-corrected chi connectivity index (χ2v) is 9.10. The van der Waals surface area contributed by atoms with Crippen molar-refractivity contribution in [3.05, 3.63) is 35.9 Å². The number of hydrogen-bond donors (Lipinski definition) is 1. The molecule has 0 aromatic heterocycles. The van der Waals surface area contributed by atoms with Crippen molar-refractivity contribution in [3.8, 4) is 0 Å².